The Morgan fingerprint density at radius 2 is 1.82 bits per heavy atom. The number of carbonyl (C=O) groups is 1. The number of carbonyl (C=O) groups excluding carboxylic acids is 1. The van der Waals surface area contributed by atoms with Gasteiger partial charge in [-0.2, -0.15) is 0 Å². The van der Waals surface area contributed by atoms with Gasteiger partial charge in [-0.25, -0.2) is 4.98 Å². The van der Waals surface area contributed by atoms with Crippen LogP contribution in [0.3, 0.4) is 0 Å². The molecule has 1 aliphatic rings. The van der Waals surface area contributed by atoms with Gasteiger partial charge in [0.2, 0.25) is 0 Å². The molecule has 1 aliphatic heterocycles. The van der Waals surface area contributed by atoms with Crippen LogP contribution in [0.5, 0.6) is 0 Å². The molecule has 0 radical (unpaired) electrons. The van der Waals surface area contributed by atoms with E-state index in [4.69, 9.17) is 5.73 Å². The van der Waals surface area contributed by atoms with Crippen molar-refractivity contribution in [2.45, 2.75) is 6.54 Å². The third-order valence-corrected chi connectivity index (χ3v) is 3.84. The molecular formula is C16H19N5O. The molecular weight excluding hydrogens is 278 g/mol. The molecule has 2 aromatic heterocycles. The predicted octanol–water partition coefficient (Wildman–Crippen LogP) is 0.898. The molecule has 0 atom stereocenters. The Kier molecular flexibility index (Phi) is 4.29. The lowest BCUT2D eigenvalue weighted by atomic mass is 10.2. The normalized spacial score (nSPS) is 15.7. The monoisotopic (exact) mass is 297 g/mol. The summed E-state index contributed by atoms with van der Waals surface area (Å²) < 4.78 is 0. The average Bonchev–Trinajstić information content (AvgIpc) is 2.56. The van der Waals surface area contributed by atoms with E-state index in [1.807, 2.05) is 36.7 Å². The quantitative estimate of drug-likeness (QED) is 0.907. The number of anilines is 1. The number of hydrogen-bond donors (Lipinski definition) is 1. The van der Waals surface area contributed by atoms with Crippen LogP contribution in [0.25, 0.3) is 0 Å². The molecule has 3 rings (SSSR count). The topological polar surface area (TPSA) is 75.4 Å². The lowest BCUT2D eigenvalue weighted by Crippen LogP contribution is -2.46. The summed E-state index contributed by atoms with van der Waals surface area (Å²) in [7, 11) is 0. The number of rotatable bonds is 4. The highest BCUT2D eigenvalue weighted by Crippen LogP contribution is 2.15. The lowest BCUT2D eigenvalue weighted by Gasteiger charge is -2.35. The van der Waals surface area contributed by atoms with Gasteiger partial charge in [-0.05, 0) is 29.8 Å². The van der Waals surface area contributed by atoms with Crippen molar-refractivity contribution >= 4 is 11.7 Å². The fraction of sp³-hybridized carbons (Fsp3) is 0.312. The number of primary amides is 1. The number of piperazine rings is 1. The van der Waals surface area contributed by atoms with E-state index in [1.165, 1.54) is 5.56 Å². The Hall–Kier alpha value is -2.47. The summed E-state index contributed by atoms with van der Waals surface area (Å²) in [6.45, 7) is 4.64. The fourth-order valence-electron chi connectivity index (χ4n) is 2.62. The number of nitrogens with two attached hydrogens (primary N) is 1. The molecule has 22 heavy (non-hydrogen) atoms. The Labute approximate surface area is 129 Å². The Bertz CT molecular complexity index is 638. The van der Waals surface area contributed by atoms with Gasteiger partial charge in [0, 0.05) is 45.1 Å². The number of hydrogen-bond acceptors (Lipinski definition) is 5. The molecule has 0 aromatic carbocycles. The van der Waals surface area contributed by atoms with Crippen molar-refractivity contribution in [2.24, 2.45) is 5.73 Å². The van der Waals surface area contributed by atoms with Gasteiger partial charge in [-0.1, -0.05) is 6.07 Å². The summed E-state index contributed by atoms with van der Waals surface area (Å²) in [5, 5.41) is 0. The van der Waals surface area contributed by atoms with Crippen molar-refractivity contribution in [1.82, 2.24) is 14.9 Å². The van der Waals surface area contributed by atoms with Crippen LogP contribution < -0.4 is 10.6 Å². The number of aromatic nitrogens is 2. The van der Waals surface area contributed by atoms with Gasteiger partial charge < -0.3 is 10.6 Å². The third kappa shape index (κ3) is 3.40. The number of pyridine rings is 2. The summed E-state index contributed by atoms with van der Waals surface area (Å²) in [5.74, 6) is 0.332. The second-order valence-electron chi connectivity index (χ2n) is 5.36. The highest BCUT2D eigenvalue weighted by Gasteiger charge is 2.18. The van der Waals surface area contributed by atoms with Crippen molar-refractivity contribution in [3.63, 3.8) is 0 Å². The smallest absolute Gasteiger partial charge is 0.267 e. The Morgan fingerprint density at radius 3 is 2.50 bits per heavy atom. The van der Waals surface area contributed by atoms with Crippen molar-refractivity contribution in [3.05, 3.63) is 54.0 Å². The number of nitrogens with zero attached hydrogens (tertiary/aromatic N) is 4. The maximum Gasteiger partial charge on any atom is 0.267 e. The van der Waals surface area contributed by atoms with Crippen molar-refractivity contribution in [3.8, 4) is 0 Å². The molecule has 0 bridgehead atoms. The van der Waals surface area contributed by atoms with E-state index in [0.717, 1.165) is 38.5 Å². The third-order valence-electron chi connectivity index (χ3n) is 3.84. The van der Waals surface area contributed by atoms with E-state index in [2.05, 4.69) is 19.8 Å². The molecule has 0 unspecified atom stereocenters. The average molecular weight is 297 g/mol. The first kappa shape index (κ1) is 14.5. The molecule has 1 saturated heterocycles. The molecule has 114 valence electrons. The lowest BCUT2D eigenvalue weighted by molar-refractivity contribution is 0.0995. The van der Waals surface area contributed by atoms with Gasteiger partial charge in [0.1, 0.15) is 11.5 Å². The van der Waals surface area contributed by atoms with Crippen LogP contribution in [-0.2, 0) is 6.54 Å². The van der Waals surface area contributed by atoms with Crippen LogP contribution in [0, 0.1) is 0 Å². The first-order valence-electron chi connectivity index (χ1n) is 7.35. The minimum absolute atomic E-state index is 0.316. The van der Waals surface area contributed by atoms with E-state index in [0.29, 0.717) is 5.69 Å². The SMILES string of the molecule is NC(=O)c1cccc(N2CCN(Cc3ccncc3)CC2)n1. The Morgan fingerprint density at radius 1 is 1.09 bits per heavy atom. The van der Waals surface area contributed by atoms with Crippen molar-refractivity contribution in [1.29, 1.82) is 0 Å². The molecule has 0 aliphatic carbocycles. The van der Waals surface area contributed by atoms with Crippen LogP contribution in [0.1, 0.15) is 16.1 Å². The minimum Gasteiger partial charge on any atom is -0.364 e. The first-order valence-corrected chi connectivity index (χ1v) is 7.35. The number of amides is 1. The van der Waals surface area contributed by atoms with Gasteiger partial charge in [-0.15, -0.1) is 0 Å². The van der Waals surface area contributed by atoms with Crippen LogP contribution in [0.2, 0.25) is 0 Å². The zero-order valence-corrected chi connectivity index (χ0v) is 12.4. The zero-order chi connectivity index (χ0) is 15.4. The molecule has 3 heterocycles. The highest BCUT2D eigenvalue weighted by atomic mass is 16.1. The molecule has 2 aromatic rings. The molecule has 0 saturated carbocycles. The summed E-state index contributed by atoms with van der Waals surface area (Å²) >= 11 is 0. The zero-order valence-electron chi connectivity index (χ0n) is 12.4. The fourth-order valence-corrected chi connectivity index (χ4v) is 2.62. The first-order chi connectivity index (χ1) is 10.7. The molecule has 6 nitrogen and oxygen atoms in total. The minimum atomic E-state index is -0.488. The van der Waals surface area contributed by atoms with E-state index < -0.39 is 5.91 Å². The molecule has 1 fully saturated rings. The van der Waals surface area contributed by atoms with Crippen molar-refractivity contribution < 1.29 is 4.79 Å². The second-order valence-corrected chi connectivity index (χ2v) is 5.36. The van der Waals surface area contributed by atoms with E-state index in [9.17, 15) is 4.79 Å². The van der Waals surface area contributed by atoms with E-state index in [1.54, 1.807) is 6.07 Å². The maximum absolute atomic E-state index is 11.2. The van der Waals surface area contributed by atoms with Gasteiger partial charge in [0.05, 0.1) is 0 Å². The highest BCUT2D eigenvalue weighted by molar-refractivity contribution is 5.91. The summed E-state index contributed by atoms with van der Waals surface area (Å²) in [5.41, 5.74) is 6.88. The van der Waals surface area contributed by atoms with Gasteiger partial charge in [0.25, 0.3) is 5.91 Å². The summed E-state index contributed by atoms with van der Waals surface area (Å²) in [6, 6.07) is 9.48. The predicted molar refractivity (Wildman–Crippen MR) is 84.5 cm³/mol. The molecule has 1 amide bonds. The van der Waals surface area contributed by atoms with Crippen molar-refractivity contribution in [2.75, 3.05) is 31.1 Å². The van der Waals surface area contributed by atoms with Crippen LogP contribution in [0.4, 0.5) is 5.82 Å². The molecule has 0 spiro atoms. The summed E-state index contributed by atoms with van der Waals surface area (Å²) in [4.78, 5) is 24.2. The van der Waals surface area contributed by atoms with E-state index in [-0.39, 0.29) is 0 Å². The Balaban J connectivity index is 1.60. The maximum atomic E-state index is 11.2. The summed E-state index contributed by atoms with van der Waals surface area (Å²) in [6.07, 6.45) is 3.65. The van der Waals surface area contributed by atoms with E-state index >= 15 is 0 Å². The van der Waals surface area contributed by atoms with Gasteiger partial charge in [-0.3, -0.25) is 14.7 Å². The molecule has 2 N–H and O–H groups in total. The van der Waals surface area contributed by atoms with Gasteiger partial charge >= 0.3 is 0 Å². The molecule has 6 heteroatoms. The standard InChI is InChI=1S/C16H19N5O/c17-16(22)14-2-1-3-15(19-14)21-10-8-20(9-11-21)12-13-4-6-18-7-5-13/h1-7H,8-12H2,(H2,17,22). The van der Waals surface area contributed by atoms with Gasteiger partial charge in [0.15, 0.2) is 0 Å². The second kappa shape index (κ2) is 6.53. The van der Waals surface area contributed by atoms with Crippen LogP contribution >= 0.6 is 0 Å². The largest absolute Gasteiger partial charge is 0.364 e. The van der Waals surface area contributed by atoms with Crippen LogP contribution in [0.15, 0.2) is 42.7 Å². The van der Waals surface area contributed by atoms with Crippen LogP contribution in [-0.4, -0.2) is 47.0 Å².